The third kappa shape index (κ3) is 2.31. The number of allylic oxidation sites excluding steroid dienone is 4. The number of aliphatic hydroxyl groups is 2. The number of hydrogen-bond acceptors (Lipinski definition) is 6. The highest BCUT2D eigenvalue weighted by molar-refractivity contribution is 6.01. The maximum atomic E-state index is 17.4. The van der Waals surface area contributed by atoms with Crippen LogP contribution in [-0.2, 0) is 19.1 Å². The van der Waals surface area contributed by atoms with Crippen LogP contribution in [-0.4, -0.2) is 57.6 Å². The lowest BCUT2D eigenvalue weighted by molar-refractivity contribution is -0.246. The first-order chi connectivity index (χ1) is 17.2. The van der Waals surface area contributed by atoms with Crippen LogP contribution < -0.4 is 0 Å². The second kappa shape index (κ2) is 6.13. The summed E-state index contributed by atoms with van der Waals surface area (Å²) in [6.07, 6.45) is 0.649. The van der Waals surface area contributed by atoms with Crippen molar-refractivity contribution < 1.29 is 43.3 Å². The standard InChI is InChI=1S/C24H31FO6/c1-20(2)30-19-10-16-15-6-5-13-9-14(27)7-8-21(13,3)23(15,25)17(28)11-22(16,4)24(19,31-20)18(29)12-26/h7-9,15-17,19,26,28H,5-6,10-12H2,1-4H3/t15-,16-,17-,19+,21-,22-,23-,24+/m0/s1/i1D3,2D3,12D/t12?,15-,16-,17-,19+,21-,22-,23-,24+. The van der Waals surface area contributed by atoms with Crippen molar-refractivity contribution in [2.24, 2.45) is 22.7 Å². The first-order valence-electron chi connectivity index (χ1n) is 14.1. The molecular weight excluding hydrogens is 403 g/mol. The predicted molar refractivity (Wildman–Crippen MR) is 109 cm³/mol. The number of ketones is 2. The Morgan fingerprint density at radius 2 is 2.13 bits per heavy atom. The Kier molecular flexibility index (Phi) is 2.90. The second-order valence-electron chi connectivity index (χ2n) is 10.1. The molecule has 4 aliphatic carbocycles. The normalized spacial score (nSPS) is 57.3. The molecule has 3 saturated carbocycles. The van der Waals surface area contributed by atoms with Crippen molar-refractivity contribution in [2.45, 2.75) is 82.5 Å². The van der Waals surface area contributed by atoms with E-state index in [4.69, 9.17) is 19.1 Å². The largest absolute Gasteiger partial charge is 0.390 e. The van der Waals surface area contributed by atoms with E-state index in [1.165, 1.54) is 25.2 Å². The highest BCUT2D eigenvalue weighted by Crippen LogP contribution is 2.72. The quantitative estimate of drug-likeness (QED) is 0.684. The maximum absolute atomic E-state index is 17.4. The molecule has 1 saturated heterocycles. The van der Waals surface area contributed by atoms with E-state index in [1.807, 2.05) is 0 Å². The zero-order valence-electron chi connectivity index (χ0n) is 24.4. The van der Waals surface area contributed by atoms with E-state index < -0.39 is 84.4 Å². The van der Waals surface area contributed by atoms with Gasteiger partial charge in [-0.15, -0.1) is 0 Å². The fourth-order valence-electron chi connectivity index (χ4n) is 7.54. The van der Waals surface area contributed by atoms with Gasteiger partial charge in [-0.1, -0.05) is 18.6 Å². The highest BCUT2D eigenvalue weighted by Gasteiger charge is 2.79. The summed E-state index contributed by atoms with van der Waals surface area (Å²) in [5.41, 5.74) is -7.13. The highest BCUT2D eigenvalue weighted by atomic mass is 19.1. The van der Waals surface area contributed by atoms with Crippen molar-refractivity contribution in [2.75, 3.05) is 6.58 Å². The number of alkyl halides is 1. The molecule has 0 bridgehead atoms. The Morgan fingerprint density at radius 3 is 2.81 bits per heavy atom. The number of hydrogen-bond donors (Lipinski definition) is 2. The summed E-state index contributed by atoms with van der Waals surface area (Å²) in [5.74, 6) is -6.52. The van der Waals surface area contributed by atoms with Gasteiger partial charge in [0.05, 0.1) is 13.6 Å². The van der Waals surface area contributed by atoms with Crippen molar-refractivity contribution in [3.05, 3.63) is 23.8 Å². The van der Waals surface area contributed by atoms with E-state index in [0.717, 1.165) is 0 Å². The van der Waals surface area contributed by atoms with Crippen molar-refractivity contribution in [3.63, 3.8) is 0 Å². The van der Waals surface area contributed by atoms with Crippen LogP contribution in [0.3, 0.4) is 0 Å². The van der Waals surface area contributed by atoms with Gasteiger partial charge in [-0.05, 0) is 64.4 Å². The van der Waals surface area contributed by atoms with Gasteiger partial charge in [0.25, 0.3) is 0 Å². The summed E-state index contributed by atoms with van der Waals surface area (Å²) in [4.78, 5) is 25.6. The molecule has 1 heterocycles. The molecule has 1 unspecified atom stereocenters. The van der Waals surface area contributed by atoms with Crippen molar-refractivity contribution in [3.8, 4) is 0 Å². The SMILES string of the molecule is [2H]C(O)C(=O)[C@@]12OC(C([2H])([2H])[2H])(C([2H])([2H])[2H])O[C@@H]1C[C@H]1[C@@H]3CCC4=CC(=O)C=C[C@]4(C)[C@@]3(F)[C@@H](O)C[C@@]12C. The Labute approximate surface area is 191 Å². The summed E-state index contributed by atoms with van der Waals surface area (Å²) in [7, 11) is 0. The summed E-state index contributed by atoms with van der Waals surface area (Å²) in [6, 6.07) is 0. The third-order valence-electron chi connectivity index (χ3n) is 8.90. The Bertz CT molecular complexity index is 1140. The molecule has 1 aliphatic heterocycles. The molecule has 0 aromatic carbocycles. The van der Waals surface area contributed by atoms with Crippen molar-refractivity contribution >= 4 is 11.6 Å². The van der Waals surface area contributed by atoms with Gasteiger partial charge in [-0.2, -0.15) is 0 Å². The van der Waals surface area contributed by atoms with Gasteiger partial charge < -0.3 is 19.7 Å². The fourth-order valence-corrected chi connectivity index (χ4v) is 7.54. The Morgan fingerprint density at radius 1 is 1.39 bits per heavy atom. The average Bonchev–Trinajstić information content (AvgIpc) is 3.26. The van der Waals surface area contributed by atoms with E-state index in [1.54, 1.807) is 6.92 Å². The van der Waals surface area contributed by atoms with Gasteiger partial charge in [-0.3, -0.25) is 9.59 Å². The van der Waals surface area contributed by atoms with Crippen LogP contribution in [0.25, 0.3) is 0 Å². The first kappa shape index (κ1) is 14.7. The zero-order valence-corrected chi connectivity index (χ0v) is 17.4. The molecule has 0 radical (unpaired) electrons. The van der Waals surface area contributed by atoms with E-state index in [0.29, 0.717) is 12.0 Å². The fraction of sp³-hybridized carbons (Fsp3) is 0.750. The van der Waals surface area contributed by atoms with Gasteiger partial charge in [0, 0.05) is 25.0 Å². The number of carbonyl (C=O) groups excluding carboxylic acids is 2. The molecule has 170 valence electrons. The minimum absolute atomic E-state index is 0.181. The van der Waals surface area contributed by atoms with Crippen LogP contribution in [0.1, 0.15) is 62.8 Å². The summed E-state index contributed by atoms with van der Waals surface area (Å²) < 4.78 is 84.4. The molecule has 7 heteroatoms. The van der Waals surface area contributed by atoms with Crippen LogP contribution in [0.2, 0.25) is 0 Å². The molecule has 31 heavy (non-hydrogen) atoms. The molecule has 9 atom stereocenters. The predicted octanol–water partition coefficient (Wildman–Crippen LogP) is 2.42. The third-order valence-corrected chi connectivity index (χ3v) is 8.90. The number of aliphatic hydroxyl groups excluding tert-OH is 2. The average molecular weight is 442 g/mol. The first-order valence-corrected chi connectivity index (χ1v) is 10.6. The summed E-state index contributed by atoms with van der Waals surface area (Å²) in [6.45, 7) is -6.15. The minimum atomic E-state index is -3.40. The zero-order chi connectivity index (χ0) is 28.5. The van der Waals surface area contributed by atoms with Crippen LogP contribution in [0.5, 0.6) is 0 Å². The van der Waals surface area contributed by atoms with Gasteiger partial charge in [-0.25, -0.2) is 4.39 Å². The summed E-state index contributed by atoms with van der Waals surface area (Å²) >= 11 is 0. The molecule has 0 aromatic heterocycles. The number of carbonyl (C=O) groups is 2. The molecular formula is C24H31FO6. The van der Waals surface area contributed by atoms with Crippen molar-refractivity contribution in [1.82, 2.24) is 0 Å². The number of Topliss-reactive ketones (excluding diaryl/α,β-unsaturated/α-hetero) is 1. The van der Waals surface area contributed by atoms with E-state index in [2.05, 4.69) is 0 Å². The van der Waals surface area contributed by atoms with Gasteiger partial charge in [0.2, 0.25) is 0 Å². The molecule has 0 aromatic rings. The summed E-state index contributed by atoms with van der Waals surface area (Å²) in [5, 5.41) is 21.6. The lowest BCUT2D eigenvalue weighted by Crippen LogP contribution is -2.70. The Hall–Kier alpha value is -1.41. The van der Waals surface area contributed by atoms with E-state index >= 15 is 4.39 Å². The number of fused-ring (bicyclic) bond motifs is 7. The number of rotatable bonds is 2. The van der Waals surface area contributed by atoms with Crippen LogP contribution >= 0.6 is 0 Å². The van der Waals surface area contributed by atoms with Crippen LogP contribution in [0, 0.1) is 22.7 Å². The maximum Gasteiger partial charge on any atom is 0.193 e. The molecule has 0 spiro atoms. The topological polar surface area (TPSA) is 93.1 Å². The van der Waals surface area contributed by atoms with Crippen LogP contribution in [0.4, 0.5) is 4.39 Å². The second-order valence-corrected chi connectivity index (χ2v) is 10.1. The van der Waals surface area contributed by atoms with Crippen LogP contribution in [0.15, 0.2) is 23.8 Å². The van der Waals surface area contributed by atoms with Crippen molar-refractivity contribution in [1.29, 1.82) is 0 Å². The smallest absolute Gasteiger partial charge is 0.193 e. The minimum Gasteiger partial charge on any atom is -0.390 e. The number of ether oxygens (including phenoxy) is 2. The molecule has 5 rings (SSSR count). The van der Waals surface area contributed by atoms with E-state index in [9.17, 15) is 19.8 Å². The molecule has 4 fully saturated rings. The molecule has 6 nitrogen and oxygen atoms in total. The molecule has 5 aliphatic rings. The molecule has 2 N–H and O–H groups in total. The lowest BCUT2D eigenvalue weighted by Gasteiger charge is -2.62. The lowest BCUT2D eigenvalue weighted by atomic mass is 9.44. The van der Waals surface area contributed by atoms with Gasteiger partial charge >= 0.3 is 0 Å². The number of halogens is 1. The Balaban J connectivity index is 1.68. The van der Waals surface area contributed by atoms with Gasteiger partial charge in [0.1, 0.15) is 6.58 Å². The van der Waals surface area contributed by atoms with E-state index in [-0.39, 0.29) is 18.6 Å². The van der Waals surface area contributed by atoms with Gasteiger partial charge in [0.15, 0.2) is 28.6 Å². The molecule has 0 amide bonds. The monoisotopic (exact) mass is 441 g/mol.